The number of phenols is 1. The molecule has 158 valence electrons. The molecule has 3 rings (SSSR count). The summed E-state index contributed by atoms with van der Waals surface area (Å²) in [4.78, 5) is 4.86. The number of benzene rings is 2. The Balaban J connectivity index is 1.64. The van der Waals surface area contributed by atoms with E-state index < -0.39 is 0 Å². The summed E-state index contributed by atoms with van der Waals surface area (Å²) in [5.74, 6) is 1.59. The summed E-state index contributed by atoms with van der Waals surface area (Å²) < 4.78 is 10.9. The van der Waals surface area contributed by atoms with Crippen LogP contribution in [0.3, 0.4) is 0 Å². The number of nitrogens with zero attached hydrogens (tertiary/aromatic N) is 2. The molecule has 1 saturated heterocycles. The summed E-state index contributed by atoms with van der Waals surface area (Å²) in [5, 5.41) is 19.5. The number of piperazine rings is 1. The highest BCUT2D eigenvalue weighted by atomic mass is 16.5. The molecular formula is C23H32N2O4. The lowest BCUT2D eigenvalue weighted by Gasteiger charge is -2.41. The Bertz CT molecular complexity index is 783. The minimum Gasteiger partial charge on any atom is -0.504 e. The number of rotatable bonds is 9. The molecule has 1 atom stereocenters. The number of aromatic hydroxyl groups is 1. The van der Waals surface area contributed by atoms with E-state index in [0.717, 1.165) is 50.5 Å². The highest BCUT2D eigenvalue weighted by Crippen LogP contribution is 2.28. The Morgan fingerprint density at radius 1 is 1.07 bits per heavy atom. The predicted molar refractivity (Wildman–Crippen MR) is 113 cm³/mol. The molecule has 0 radical (unpaired) electrons. The maximum Gasteiger partial charge on any atom is 0.161 e. The maximum absolute atomic E-state index is 9.91. The number of phenolic OH excluding ortho intramolecular Hbond substituents is 1. The van der Waals surface area contributed by atoms with Crippen LogP contribution in [0.5, 0.6) is 17.2 Å². The van der Waals surface area contributed by atoms with E-state index in [9.17, 15) is 10.2 Å². The van der Waals surface area contributed by atoms with Crippen LogP contribution in [0.4, 0.5) is 0 Å². The SMILES string of the molecule is CCOc1cc(CN2CCN(Cc3cccc(OC)c3)[C@H](CCO)C2)ccc1O. The monoisotopic (exact) mass is 400 g/mol. The minimum atomic E-state index is 0.178. The van der Waals surface area contributed by atoms with E-state index in [-0.39, 0.29) is 12.4 Å². The lowest BCUT2D eigenvalue weighted by atomic mass is 10.1. The minimum absolute atomic E-state index is 0.178. The first-order chi connectivity index (χ1) is 14.1. The van der Waals surface area contributed by atoms with Gasteiger partial charge in [0.05, 0.1) is 13.7 Å². The molecule has 1 heterocycles. The van der Waals surface area contributed by atoms with Gasteiger partial charge in [0.2, 0.25) is 0 Å². The number of aliphatic hydroxyl groups is 1. The van der Waals surface area contributed by atoms with E-state index >= 15 is 0 Å². The van der Waals surface area contributed by atoms with Crippen molar-refractivity contribution in [2.75, 3.05) is 40.0 Å². The zero-order chi connectivity index (χ0) is 20.6. The maximum atomic E-state index is 9.91. The Morgan fingerprint density at radius 3 is 2.66 bits per heavy atom. The van der Waals surface area contributed by atoms with Crippen LogP contribution in [0, 0.1) is 0 Å². The molecule has 0 spiro atoms. The molecule has 1 aliphatic rings. The molecule has 2 aromatic rings. The van der Waals surface area contributed by atoms with Gasteiger partial charge in [-0.15, -0.1) is 0 Å². The van der Waals surface area contributed by atoms with Gasteiger partial charge in [0.15, 0.2) is 11.5 Å². The number of hydrogen-bond acceptors (Lipinski definition) is 6. The summed E-state index contributed by atoms with van der Waals surface area (Å²) in [6, 6.07) is 14.0. The number of aliphatic hydroxyl groups excluding tert-OH is 1. The van der Waals surface area contributed by atoms with Crippen molar-refractivity contribution in [3.05, 3.63) is 53.6 Å². The van der Waals surface area contributed by atoms with Gasteiger partial charge in [-0.1, -0.05) is 18.2 Å². The number of ether oxygens (including phenoxy) is 2. The predicted octanol–water partition coefficient (Wildman–Crippen LogP) is 2.87. The highest BCUT2D eigenvalue weighted by molar-refractivity contribution is 5.41. The summed E-state index contributed by atoms with van der Waals surface area (Å²) in [7, 11) is 1.69. The third-order valence-corrected chi connectivity index (χ3v) is 5.40. The Kier molecular flexibility index (Phi) is 7.75. The average Bonchev–Trinajstić information content (AvgIpc) is 2.73. The van der Waals surface area contributed by atoms with Crippen LogP contribution in [0.1, 0.15) is 24.5 Å². The molecule has 0 saturated carbocycles. The molecule has 2 N–H and O–H groups in total. The fraction of sp³-hybridized carbons (Fsp3) is 0.478. The second-order valence-electron chi connectivity index (χ2n) is 7.46. The van der Waals surface area contributed by atoms with Gasteiger partial charge in [-0.2, -0.15) is 0 Å². The normalized spacial score (nSPS) is 18.0. The number of methoxy groups -OCH3 is 1. The van der Waals surface area contributed by atoms with Crippen LogP contribution in [0.15, 0.2) is 42.5 Å². The molecule has 29 heavy (non-hydrogen) atoms. The van der Waals surface area contributed by atoms with Gasteiger partial charge in [-0.05, 0) is 48.7 Å². The van der Waals surface area contributed by atoms with Gasteiger partial charge < -0.3 is 19.7 Å². The molecule has 0 bridgehead atoms. The van der Waals surface area contributed by atoms with Gasteiger partial charge in [-0.3, -0.25) is 9.80 Å². The zero-order valence-electron chi connectivity index (χ0n) is 17.4. The second-order valence-corrected chi connectivity index (χ2v) is 7.46. The van der Waals surface area contributed by atoms with Crippen molar-refractivity contribution in [2.24, 2.45) is 0 Å². The van der Waals surface area contributed by atoms with Crippen LogP contribution < -0.4 is 9.47 Å². The summed E-state index contributed by atoms with van der Waals surface area (Å²) in [5.41, 5.74) is 2.34. The summed E-state index contributed by atoms with van der Waals surface area (Å²) >= 11 is 0. The topological polar surface area (TPSA) is 65.4 Å². The molecule has 2 aromatic carbocycles. The summed E-state index contributed by atoms with van der Waals surface area (Å²) in [6.07, 6.45) is 0.750. The van der Waals surface area contributed by atoms with Crippen LogP contribution >= 0.6 is 0 Å². The first-order valence-electron chi connectivity index (χ1n) is 10.3. The van der Waals surface area contributed by atoms with Gasteiger partial charge in [0.25, 0.3) is 0 Å². The van der Waals surface area contributed by atoms with Crippen molar-refractivity contribution in [2.45, 2.75) is 32.5 Å². The standard InChI is InChI=1S/C23H32N2O4/c1-3-29-23-14-19(7-8-22(23)27)15-24-10-11-25(20(17-24)9-12-26)16-18-5-4-6-21(13-18)28-2/h4-8,13-14,20,26-27H,3,9-12,15-17H2,1-2H3/t20-/m1/s1. The summed E-state index contributed by atoms with van der Waals surface area (Å²) in [6.45, 7) is 7.07. The van der Waals surface area contributed by atoms with E-state index in [4.69, 9.17) is 9.47 Å². The van der Waals surface area contributed by atoms with Crippen LogP contribution in [0.2, 0.25) is 0 Å². The smallest absolute Gasteiger partial charge is 0.161 e. The van der Waals surface area contributed by atoms with Crippen molar-refractivity contribution in [1.82, 2.24) is 9.80 Å². The van der Waals surface area contributed by atoms with E-state index in [1.54, 1.807) is 13.2 Å². The average molecular weight is 401 g/mol. The van der Waals surface area contributed by atoms with Crippen molar-refractivity contribution in [1.29, 1.82) is 0 Å². The first kappa shape index (κ1) is 21.4. The molecule has 0 aliphatic carbocycles. The fourth-order valence-electron chi connectivity index (χ4n) is 3.92. The largest absolute Gasteiger partial charge is 0.504 e. The van der Waals surface area contributed by atoms with Crippen LogP contribution in [-0.2, 0) is 13.1 Å². The van der Waals surface area contributed by atoms with Gasteiger partial charge in [-0.25, -0.2) is 0 Å². The van der Waals surface area contributed by atoms with Crippen molar-refractivity contribution < 1.29 is 19.7 Å². The Labute approximate surface area is 173 Å². The van der Waals surface area contributed by atoms with Crippen LogP contribution in [0.25, 0.3) is 0 Å². The third kappa shape index (κ3) is 5.85. The second kappa shape index (κ2) is 10.5. The first-order valence-corrected chi connectivity index (χ1v) is 10.3. The van der Waals surface area contributed by atoms with E-state index in [1.165, 1.54) is 5.56 Å². The highest BCUT2D eigenvalue weighted by Gasteiger charge is 2.27. The van der Waals surface area contributed by atoms with Gasteiger partial charge in [0, 0.05) is 45.4 Å². The fourth-order valence-corrected chi connectivity index (χ4v) is 3.92. The molecule has 0 aromatic heterocycles. The Hall–Kier alpha value is -2.28. The lowest BCUT2D eigenvalue weighted by molar-refractivity contribution is 0.0499. The molecule has 6 heteroatoms. The van der Waals surface area contributed by atoms with E-state index in [2.05, 4.69) is 21.9 Å². The molecule has 0 unspecified atom stereocenters. The molecule has 1 fully saturated rings. The van der Waals surface area contributed by atoms with E-state index in [0.29, 0.717) is 18.4 Å². The van der Waals surface area contributed by atoms with Crippen molar-refractivity contribution in [3.8, 4) is 17.2 Å². The molecule has 1 aliphatic heterocycles. The van der Waals surface area contributed by atoms with Crippen molar-refractivity contribution in [3.63, 3.8) is 0 Å². The van der Waals surface area contributed by atoms with E-state index in [1.807, 2.05) is 31.2 Å². The molecular weight excluding hydrogens is 368 g/mol. The van der Waals surface area contributed by atoms with Crippen LogP contribution in [-0.4, -0.2) is 66.0 Å². The third-order valence-electron chi connectivity index (χ3n) is 5.40. The van der Waals surface area contributed by atoms with Gasteiger partial charge >= 0.3 is 0 Å². The number of hydrogen-bond donors (Lipinski definition) is 2. The molecule has 0 amide bonds. The lowest BCUT2D eigenvalue weighted by Crippen LogP contribution is -2.52. The van der Waals surface area contributed by atoms with Gasteiger partial charge in [0.1, 0.15) is 5.75 Å². The quantitative estimate of drug-likeness (QED) is 0.675. The zero-order valence-corrected chi connectivity index (χ0v) is 17.4. The van der Waals surface area contributed by atoms with Crippen molar-refractivity contribution >= 4 is 0 Å². The Morgan fingerprint density at radius 2 is 1.90 bits per heavy atom. The molecule has 6 nitrogen and oxygen atoms in total.